The number of hydrogen-bond acceptors (Lipinski definition) is 5. The van der Waals surface area contributed by atoms with E-state index in [4.69, 9.17) is 9.47 Å². The first-order chi connectivity index (χ1) is 15.1. The number of allylic oxidation sites excluding steroid dienone is 2. The first-order valence-electron chi connectivity index (χ1n) is 12.7. The van der Waals surface area contributed by atoms with E-state index in [1.807, 2.05) is 19.1 Å². The highest BCUT2D eigenvalue weighted by Crippen LogP contribution is 2.13. The number of rotatable bonds is 22. The number of aliphatic hydroxyl groups excluding tert-OH is 1. The third-order valence-corrected chi connectivity index (χ3v) is 5.33. The first-order valence-corrected chi connectivity index (χ1v) is 12.7. The number of carbonyl (C=O) groups excluding carboxylic acids is 2. The lowest BCUT2D eigenvalue weighted by molar-refractivity contribution is -0.161. The predicted molar refractivity (Wildman–Crippen MR) is 127 cm³/mol. The molecule has 0 unspecified atom stereocenters. The van der Waals surface area contributed by atoms with Crippen molar-refractivity contribution >= 4 is 11.9 Å². The van der Waals surface area contributed by atoms with Gasteiger partial charge in [0, 0.05) is 12.8 Å². The fourth-order valence-electron chi connectivity index (χ4n) is 3.40. The third kappa shape index (κ3) is 21.7. The molecule has 0 aliphatic rings. The zero-order chi connectivity index (χ0) is 23.0. The Kier molecular flexibility index (Phi) is 22.3. The van der Waals surface area contributed by atoms with Crippen LogP contribution in [0.4, 0.5) is 0 Å². The van der Waals surface area contributed by atoms with Crippen molar-refractivity contribution in [3.8, 4) is 0 Å². The van der Waals surface area contributed by atoms with Crippen LogP contribution in [0.2, 0.25) is 0 Å². The minimum atomic E-state index is -0.774. The minimum Gasteiger partial charge on any atom is -0.462 e. The van der Waals surface area contributed by atoms with E-state index >= 15 is 0 Å². The zero-order valence-corrected chi connectivity index (χ0v) is 20.2. The van der Waals surface area contributed by atoms with Gasteiger partial charge in [-0.1, -0.05) is 103 Å². The van der Waals surface area contributed by atoms with Gasteiger partial charge < -0.3 is 14.6 Å². The standard InChI is InChI=1S/C26H48O5/c1-3-5-7-9-10-11-12-13-14-15-16-17-19-21-26(29)31-24(22-27)23-30-25(28)20-18-8-6-4-2/h6,8,24,27H,3-5,7,9-23H2,1-2H3/t24-/m0/s1. The van der Waals surface area contributed by atoms with Gasteiger partial charge in [0.25, 0.3) is 0 Å². The summed E-state index contributed by atoms with van der Waals surface area (Å²) in [5.41, 5.74) is 0. The molecule has 5 heteroatoms. The van der Waals surface area contributed by atoms with Gasteiger partial charge in [0.1, 0.15) is 6.61 Å². The van der Waals surface area contributed by atoms with Crippen molar-refractivity contribution in [1.29, 1.82) is 0 Å². The van der Waals surface area contributed by atoms with Crippen molar-refractivity contribution in [2.24, 2.45) is 0 Å². The van der Waals surface area contributed by atoms with Crippen LogP contribution < -0.4 is 0 Å². The fourth-order valence-corrected chi connectivity index (χ4v) is 3.40. The summed E-state index contributed by atoms with van der Waals surface area (Å²) in [4.78, 5) is 23.6. The molecule has 0 bridgehead atoms. The fraction of sp³-hybridized carbons (Fsp3) is 0.846. The summed E-state index contributed by atoms with van der Waals surface area (Å²) in [5, 5.41) is 9.34. The zero-order valence-electron chi connectivity index (χ0n) is 20.2. The van der Waals surface area contributed by atoms with E-state index in [0.717, 1.165) is 25.7 Å². The molecule has 0 aromatic heterocycles. The van der Waals surface area contributed by atoms with E-state index in [9.17, 15) is 14.7 Å². The van der Waals surface area contributed by atoms with Gasteiger partial charge in [-0.2, -0.15) is 0 Å². The molecule has 0 heterocycles. The van der Waals surface area contributed by atoms with E-state index in [1.165, 1.54) is 64.2 Å². The maximum absolute atomic E-state index is 11.9. The van der Waals surface area contributed by atoms with Crippen molar-refractivity contribution in [3.63, 3.8) is 0 Å². The summed E-state index contributed by atoms with van der Waals surface area (Å²) < 4.78 is 10.3. The molecule has 5 nitrogen and oxygen atoms in total. The van der Waals surface area contributed by atoms with Gasteiger partial charge in [-0.25, -0.2) is 0 Å². The van der Waals surface area contributed by atoms with Crippen LogP contribution in [0.5, 0.6) is 0 Å². The molecule has 1 N–H and O–H groups in total. The van der Waals surface area contributed by atoms with Gasteiger partial charge in [-0.15, -0.1) is 0 Å². The monoisotopic (exact) mass is 440 g/mol. The molecule has 0 aliphatic carbocycles. The van der Waals surface area contributed by atoms with Crippen LogP contribution in [-0.4, -0.2) is 36.4 Å². The second-order valence-corrected chi connectivity index (χ2v) is 8.39. The smallest absolute Gasteiger partial charge is 0.306 e. The molecule has 0 aromatic rings. The van der Waals surface area contributed by atoms with E-state index in [1.54, 1.807) is 0 Å². The van der Waals surface area contributed by atoms with Gasteiger partial charge in [0.05, 0.1) is 6.61 Å². The summed E-state index contributed by atoms with van der Waals surface area (Å²) in [6, 6.07) is 0. The van der Waals surface area contributed by atoms with Gasteiger partial charge in [-0.3, -0.25) is 9.59 Å². The van der Waals surface area contributed by atoms with Crippen LogP contribution in [0, 0.1) is 0 Å². The van der Waals surface area contributed by atoms with Crippen LogP contribution in [0.25, 0.3) is 0 Å². The normalized spacial score (nSPS) is 12.2. The first kappa shape index (κ1) is 29.6. The molecule has 0 radical (unpaired) electrons. The Balaban J connectivity index is 3.57. The molecule has 182 valence electrons. The van der Waals surface area contributed by atoms with Gasteiger partial charge in [0.15, 0.2) is 6.10 Å². The second-order valence-electron chi connectivity index (χ2n) is 8.39. The highest BCUT2D eigenvalue weighted by Gasteiger charge is 2.15. The average molecular weight is 441 g/mol. The number of aliphatic hydroxyl groups is 1. The SMILES string of the molecule is CCC=CCCC(=O)OC[C@H](CO)OC(=O)CCCCCCCCCCCCCCC. The van der Waals surface area contributed by atoms with Crippen LogP contribution >= 0.6 is 0 Å². The molecule has 0 aliphatic heterocycles. The Bertz CT molecular complexity index is 447. The maximum Gasteiger partial charge on any atom is 0.306 e. The summed E-state index contributed by atoms with van der Waals surface area (Å²) in [5.74, 6) is -0.671. The molecule has 0 fully saturated rings. The van der Waals surface area contributed by atoms with Crippen LogP contribution in [0.3, 0.4) is 0 Å². The molecule has 0 saturated heterocycles. The largest absolute Gasteiger partial charge is 0.462 e. The van der Waals surface area contributed by atoms with Crippen molar-refractivity contribution in [2.75, 3.05) is 13.2 Å². The van der Waals surface area contributed by atoms with Crippen molar-refractivity contribution in [1.82, 2.24) is 0 Å². The van der Waals surface area contributed by atoms with Gasteiger partial charge in [-0.05, 0) is 19.3 Å². The third-order valence-electron chi connectivity index (χ3n) is 5.33. The van der Waals surface area contributed by atoms with E-state index < -0.39 is 6.10 Å². The summed E-state index contributed by atoms with van der Waals surface area (Å²) in [6.45, 7) is 3.86. The van der Waals surface area contributed by atoms with Crippen molar-refractivity contribution in [2.45, 2.75) is 129 Å². The van der Waals surface area contributed by atoms with Gasteiger partial charge >= 0.3 is 11.9 Å². The Hall–Kier alpha value is -1.36. The number of esters is 2. The lowest BCUT2D eigenvalue weighted by Crippen LogP contribution is -2.28. The van der Waals surface area contributed by atoms with Crippen LogP contribution in [-0.2, 0) is 19.1 Å². The van der Waals surface area contributed by atoms with E-state index in [0.29, 0.717) is 19.3 Å². The Morgan fingerprint density at radius 3 is 1.81 bits per heavy atom. The molecule has 0 spiro atoms. The number of ether oxygens (including phenoxy) is 2. The molecule has 1 atom stereocenters. The Labute approximate surface area is 191 Å². The second kappa shape index (κ2) is 23.3. The summed E-state index contributed by atoms with van der Waals surface area (Å²) >= 11 is 0. The molecule has 0 aromatic carbocycles. The van der Waals surface area contributed by atoms with Crippen LogP contribution in [0.15, 0.2) is 12.2 Å². The lowest BCUT2D eigenvalue weighted by Gasteiger charge is -2.15. The highest BCUT2D eigenvalue weighted by atomic mass is 16.6. The number of carbonyl (C=O) groups is 2. The van der Waals surface area contributed by atoms with E-state index in [-0.39, 0.29) is 25.2 Å². The summed E-state index contributed by atoms with van der Waals surface area (Å²) in [6.07, 6.45) is 21.8. The molecule has 0 amide bonds. The van der Waals surface area contributed by atoms with Gasteiger partial charge in [0.2, 0.25) is 0 Å². The maximum atomic E-state index is 11.9. The highest BCUT2D eigenvalue weighted by molar-refractivity contribution is 5.70. The minimum absolute atomic E-state index is 0.0861. The summed E-state index contributed by atoms with van der Waals surface area (Å²) in [7, 11) is 0. The average Bonchev–Trinajstić information content (AvgIpc) is 2.77. The van der Waals surface area contributed by atoms with Crippen molar-refractivity contribution < 1.29 is 24.2 Å². The number of unbranched alkanes of at least 4 members (excludes halogenated alkanes) is 12. The molecule has 0 saturated carbocycles. The quantitative estimate of drug-likeness (QED) is 0.116. The van der Waals surface area contributed by atoms with Crippen molar-refractivity contribution in [3.05, 3.63) is 12.2 Å². The Morgan fingerprint density at radius 1 is 0.742 bits per heavy atom. The lowest BCUT2D eigenvalue weighted by atomic mass is 10.0. The molecule has 0 rings (SSSR count). The predicted octanol–water partition coefficient (Wildman–Crippen LogP) is 6.66. The topological polar surface area (TPSA) is 72.8 Å². The molecular formula is C26H48O5. The number of hydrogen-bond donors (Lipinski definition) is 1. The molecular weight excluding hydrogens is 392 g/mol. The Morgan fingerprint density at radius 2 is 1.29 bits per heavy atom. The van der Waals surface area contributed by atoms with Crippen LogP contribution in [0.1, 0.15) is 123 Å². The van der Waals surface area contributed by atoms with E-state index in [2.05, 4.69) is 6.92 Å². The molecule has 31 heavy (non-hydrogen) atoms.